The van der Waals surface area contributed by atoms with Crippen LogP contribution in [-0.4, -0.2) is 58.5 Å². The fourth-order valence-corrected chi connectivity index (χ4v) is 6.74. The number of rotatable bonds is 12. The van der Waals surface area contributed by atoms with Crippen LogP contribution in [0.25, 0.3) is 0 Å². The molecule has 0 spiro atoms. The van der Waals surface area contributed by atoms with E-state index in [9.17, 15) is 14.7 Å². The molecule has 1 heterocycles. The number of aromatic nitrogens is 1. The van der Waals surface area contributed by atoms with Gasteiger partial charge in [-0.1, -0.05) is 36.1 Å². The topological polar surface area (TPSA) is 101 Å². The molecule has 1 aromatic heterocycles. The van der Waals surface area contributed by atoms with E-state index in [0.29, 0.717) is 17.6 Å². The zero-order valence-electron chi connectivity index (χ0n) is 22.4. The number of thioether (sulfide) groups is 1. The molecule has 8 nitrogen and oxygen atoms in total. The molecule has 2 N–H and O–H groups in total. The van der Waals surface area contributed by atoms with Gasteiger partial charge in [0, 0.05) is 12.6 Å². The van der Waals surface area contributed by atoms with E-state index in [-0.39, 0.29) is 12.1 Å². The molecule has 37 heavy (non-hydrogen) atoms. The second kappa shape index (κ2) is 13.4. The quantitative estimate of drug-likeness (QED) is 0.229. The van der Waals surface area contributed by atoms with Gasteiger partial charge in [0.25, 0.3) is 0 Å². The second-order valence-corrected chi connectivity index (χ2v) is 13.0. The van der Waals surface area contributed by atoms with Gasteiger partial charge in [-0.05, 0) is 82.4 Å². The maximum atomic E-state index is 13.4. The van der Waals surface area contributed by atoms with Crippen LogP contribution in [0.2, 0.25) is 0 Å². The Morgan fingerprint density at radius 3 is 2.51 bits per heavy atom. The van der Waals surface area contributed by atoms with Crippen molar-refractivity contribution in [1.82, 2.24) is 9.88 Å². The molecule has 1 aliphatic rings. The molecule has 1 fully saturated rings. The first-order chi connectivity index (χ1) is 17.6. The molecule has 204 valence electrons. The minimum Gasteiger partial charge on any atom is -0.493 e. The van der Waals surface area contributed by atoms with E-state index in [1.807, 2.05) is 17.0 Å². The van der Waals surface area contributed by atoms with E-state index in [4.69, 9.17) is 9.47 Å². The molecule has 2 amide bonds. The number of nitrogens with one attached hydrogen (secondary N) is 1. The van der Waals surface area contributed by atoms with Gasteiger partial charge in [-0.3, -0.25) is 10.1 Å². The summed E-state index contributed by atoms with van der Waals surface area (Å²) in [6.45, 7) is 6.27. The number of ether oxygens (including phenoxy) is 2. The summed E-state index contributed by atoms with van der Waals surface area (Å²) in [6, 6.07) is 6.08. The van der Waals surface area contributed by atoms with Gasteiger partial charge in [-0.2, -0.15) is 0 Å². The molecule has 1 saturated carbocycles. The third-order valence-corrected chi connectivity index (χ3v) is 9.02. The third kappa shape index (κ3) is 8.26. The minimum absolute atomic E-state index is 0.130. The summed E-state index contributed by atoms with van der Waals surface area (Å²) >= 11 is 2.54. The van der Waals surface area contributed by atoms with E-state index in [0.717, 1.165) is 60.7 Å². The van der Waals surface area contributed by atoms with E-state index < -0.39 is 10.7 Å². The van der Waals surface area contributed by atoms with Crippen molar-refractivity contribution in [3.8, 4) is 11.5 Å². The average molecular weight is 550 g/mol. The van der Waals surface area contributed by atoms with Crippen molar-refractivity contribution in [1.29, 1.82) is 0 Å². The van der Waals surface area contributed by atoms with Crippen LogP contribution in [0.5, 0.6) is 11.5 Å². The Morgan fingerprint density at radius 2 is 1.86 bits per heavy atom. The van der Waals surface area contributed by atoms with Crippen LogP contribution < -0.4 is 14.8 Å². The number of urea groups is 1. The van der Waals surface area contributed by atoms with Crippen LogP contribution >= 0.6 is 23.1 Å². The van der Waals surface area contributed by atoms with Gasteiger partial charge in [0.2, 0.25) is 0 Å². The Kier molecular flexibility index (Phi) is 10.5. The Labute approximate surface area is 228 Å². The molecular formula is C27H39N3O5S2. The predicted octanol–water partition coefficient (Wildman–Crippen LogP) is 6.55. The maximum Gasteiger partial charge on any atom is 0.323 e. The second-order valence-electron chi connectivity index (χ2n) is 10.1. The zero-order chi connectivity index (χ0) is 27.0. The lowest BCUT2D eigenvalue weighted by molar-refractivity contribution is -0.138. The molecule has 0 atom stereocenters. The number of aliphatic carboxylic acids is 1. The maximum absolute atomic E-state index is 13.4. The lowest BCUT2D eigenvalue weighted by Crippen LogP contribution is -2.45. The van der Waals surface area contributed by atoms with Crippen molar-refractivity contribution >= 4 is 40.2 Å². The molecule has 10 heteroatoms. The number of carboxylic acids is 1. The van der Waals surface area contributed by atoms with Crippen LogP contribution in [0.1, 0.15) is 64.9 Å². The molecule has 0 saturated heterocycles. The SMILES string of the molecule is COc1ccc(CCCCN(C(=O)Nc2ncc(SC(C)(C)C(=O)O)s2)C2CCC(C)CC2)cc1OC. The summed E-state index contributed by atoms with van der Waals surface area (Å²) in [5.41, 5.74) is 1.18. The fraction of sp³-hybridized carbons (Fsp3) is 0.593. The first kappa shape index (κ1) is 29.1. The lowest BCUT2D eigenvalue weighted by atomic mass is 9.86. The molecule has 0 bridgehead atoms. The number of hydrogen-bond acceptors (Lipinski definition) is 7. The van der Waals surface area contributed by atoms with E-state index in [1.54, 1.807) is 34.3 Å². The van der Waals surface area contributed by atoms with E-state index in [2.05, 4.69) is 23.3 Å². The normalized spacial score (nSPS) is 17.8. The number of carbonyl (C=O) groups is 2. The number of amides is 2. The summed E-state index contributed by atoms with van der Waals surface area (Å²) in [6.07, 6.45) is 8.64. The number of methoxy groups -OCH3 is 2. The standard InChI is InChI=1S/C27H39N3O5S2/c1-18-9-12-20(13-10-18)30(15-7-6-8-19-11-14-21(34-4)22(16-19)35-5)26(33)29-25-28-17-23(36-25)37-27(2,3)24(31)32/h11,14,16-18,20H,6-10,12-13,15H2,1-5H3,(H,31,32)(H,28,29,33). The van der Waals surface area contributed by atoms with Crippen molar-refractivity contribution in [2.24, 2.45) is 5.92 Å². The summed E-state index contributed by atoms with van der Waals surface area (Å²) < 4.78 is 10.5. The predicted molar refractivity (Wildman–Crippen MR) is 149 cm³/mol. The van der Waals surface area contributed by atoms with Gasteiger partial charge in [0.1, 0.15) is 4.75 Å². The highest BCUT2D eigenvalue weighted by Crippen LogP contribution is 2.38. The monoisotopic (exact) mass is 549 g/mol. The van der Waals surface area contributed by atoms with Crippen molar-refractivity contribution in [3.05, 3.63) is 30.0 Å². The molecular weight excluding hydrogens is 510 g/mol. The molecule has 1 aromatic carbocycles. The number of benzene rings is 1. The minimum atomic E-state index is -0.966. The summed E-state index contributed by atoms with van der Waals surface area (Å²) in [4.78, 5) is 31.1. The van der Waals surface area contributed by atoms with Gasteiger partial charge < -0.3 is 19.5 Å². The number of carbonyl (C=O) groups excluding carboxylic acids is 1. The van der Waals surface area contributed by atoms with Gasteiger partial charge in [-0.25, -0.2) is 9.78 Å². The van der Waals surface area contributed by atoms with Crippen molar-refractivity contribution in [3.63, 3.8) is 0 Å². The number of nitrogens with zero attached hydrogens (tertiary/aromatic N) is 2. The first-order valence-corrected chi connectivity index (χ1v) is 14.4. The van der Waals surface area contributed by atoms with Crippen LogP contribution in [0, 0.1) is 5.92 Å². The Bertz CT molecular complexity index is 1050. The van der Waals surface area contributed by atoms with Crippen molar-refractivity contribution in [2.45, 2.75) is 80.7 Å². The zero-order valence-corrected chi connectivity index (χ0v) is 24.0. The smallest absolute Gasteiger partial charge is 0.323 e. The van der Waals surface area contributed by atoms with E-state index in [1.165, 1.54) is 28.7 Å². The molecule has 2 aromatic rings. The molecule has 3 rings (SSSR count). The Hall–Kier alpha value is -2.46. The Morgan fingerprint density at radius 1 is 1.16 bits per heavy atom. The lowest BCUT2D eigenvalue weighted by Gasteiger charge is -2.36. The van der Waals surface area contributed by atoms with Crippen molar-refractivity contribution < 1.29 is 24.2 Å². The third-order valence-electron chi connectivity index (χ3n) is 6.82. The largest absolute Gasteiger partial charge is 0.493 e. The van der Waals surface area contributed by atoms with Gasteiger partial charge >= 0.3 is 12.0 Å². The van der Waals surface area contributed by atoms with Gasteiger partial charge in [0.05, 0.1) is 24.6 Å². The highest BCUT2D eigenvalue weighted by atomic mass is 32.2. The van der Waals surface area contributed by atoms with Crippen LogP contribution in [0.4, 0.5) is 9.93 Å². The van der Waals surface area contributed by atoms with Crippen LogP contribution in [0.3, 0.4) is 0 Å². The van der Waals surface area contributed by atoms with Gasteiger partial charge in [0.15, 0.2) is 16.6 Å². The molecule has 0 aliphatic heterocycles. The first-order valence-electron chi connectivity index (χ1n) is 12.8. The van der Waals surface area contributed by atoms with Crippen LogP contribution in [-0.2, 0) is 11.2 Å². The highest BCUT2D eigenvalue weighted by Gasteiger charge is 2.30. The summed E-state index contributed by atoms with van der Waals surface area (Å²) in [5.74, 6) is 1.26. The fourth-order valence-electron chi connectivity index (χ4n) is 4.47. The molecule has 0 radical (unpaired) electrons. The molecule has 0 unspecified atom stereocenters. The number of anilines is 1. The van der Waals surface area contributed by atoms with Gasteiger partial charge in [-0.15, -0.1) is 0 Å². The molecule has 1 aliphatic carbocycles. The van der Waals surface area contributed by atoms with Crippen LogP contribution in [0.15, 0.2) is 28.6 Å². The number of unbranched alkanes of at least 4 members (excludes halogenated alkanes) is 1. The number of aryl methyl sites for hydroxylation is 1. The summed E-state index contributed by atoms with van der Waals surface area (Å²) in [5, 5.41) is 12.9. The number of carboxylic acid groups (broad SMARTS) is 1. The highest BCUT2D eigenvalue weighted by molar-refractivity contribution is 8.03. The number of thiazole rings is 1. The summed E-state index contributed by atoms with van der Waals surface area (Å²) in [7, 11) is 3.27. The number of hydrogen-bond donors (Lipinski definition) is 2. The average Bonchev–Trinajstić information content (AvgIpc) is 3.30. The Balaban J connectivity index is 1.60. The van der Waals surface area contributed by atoms with Crippen molar-refractivity contribution in [2.75, 3.05) is 26.1 Å². The van der Waals surface area contributed by atoms with E-state index >= 15 is 0 Å².